The molecule has 164 valence electrons. The van der Waals surface area contributed by atoms with E-state index in [-0.39, 0.29) is 17.2 Å². The highest BCUT2D eigenvalue weighted by Crippen LogP contribution is 2.30. The lowest BCUT2D eigenvalue weighted by atomic mass is 10.1. The number of H-pyrrole nitrogens is 1. The van der Waals surface area contributed by atoms with Crippen LogP contribution >= 0.6 is 34.4 Å². The van der Waals surface area contributed by atoms with Gasteiger partial charge in [0.05, 0.1) is 16.9 Å². The number of aromatic nitrogens is 3. The molecule has 33 heavy (non-hydrogen) atoms. The minimum atomic E-state index is -0.152. The second-order valence-corrected chi connectivity index (χ2v) is 9.90. The number of carbonyl (C=O) groups excluding carboxylic acids is 1. The van der Waals surface area contributed by atoms with Gasteiger partial charge in [0.2, 0.25) is 5.91 Å². The summed E-state index contributed by atoms with van der Waals surface area (Å²) in [4.78, 5) is 37.5. The highest BCUT2D eigenvalue weighted by molar-refractivity contribution is 7.99. The molecule has 0 spiro atoms. The van der Waals surface area contributed by atoms with Crippen molar-refractivity contribution in [2.45, 2.75) is 5.75 Å². The largest absolute Gasteiger partial charge is 0.325 e. The first-order valence-electron chi connectivity index (χ1n) is 10.1. The number of aromatic amines is 1. The molecule has 3 aromatic heterocycles. The van der Waals surface area contributed by atoms with Gasteiger partial charge in [-0.05, 0) is 29.8 Å². The lowest BCUT2D eigenvalue weighted by Crippen LogP contribution is -2.15. The third kappa shape index (κ3) is 4.90. The van der Waals surface area contributed by atoms with Crippen molar-refractivity contribution in [1.29, 1.82) is 0 Å². The average molecular weight is 491 g/mol. The molecule has 0 saturated heterocycles. The molecular formula is C24H18N4O2S3. The monoisotopic (exact) mass is 490 g/mol. The smallest absolute Gasteiger partial charge is 0.260 e. The highest BCUT2D eigenvalue weighted by Gasteiger charge is 2.13. The molecule has 3 heterocycles. The summed E-state index contributed by atoms with van der Waals surface area (Å²) in [7, 11) is 0. The van der Waals surface area contributed by atoms with Crippen LogP contribution < -0.4 is 10.9 Å². The Hall–Kier alpha value is -3.27. The summed E-state index contributed by atoms with van der Waals surface area (Å²) >= 11 is 4.44. The lowest BCUT2D eigenvalue weighted by Gasteiger charge is -2.06. The number of nitrogens with one attached hydrogen (secondary N) is 2. The SMILES string of the molecule is O=C(CSCc1nc2scc(-c3ccccc3)c2c(=O)[nH]1)Nc1ccc(-c2nccs2)cc1. The summed E-state index contributed by atoms with van der Waals surface area (Å²) in [5.74, 6) is 1.17. The Balaban J connectivity index is 1.20. The molecule has 9 heteroatoms. The summed E-state index contributed by atoms with van der Waals surface area (Å²) in [6.45, 7) is 0. The quantitative estimate of drug-likeness (QED) is 0.308. The van der Waals surface area contributed by atoms with Crippen molar-refractivity contribution in [3.8, 4) is 21.7 Å². The number of anilines is 1. The third-order valence-corrected chi connectivity index (χ3v) is 7.54. The van der Waals surface area contributed by atoms with Gasteiger partial charge >= 0.3 is 0 Å². The van der Waals surface area contributed by atoms with E-state index in [0.717, 1.165) is 27.4 Å². The molecule has 0 aliphatic carbocycles. The zero-order chi connectivity index (χ0) is 22.6. The van der Waals surface area contributed by atoms with Gasteiger partial charge in [0.15, 0.2) is 0 Å². The molecule has 0 unspecified atom stereocenters. The molecule has 0 aliphatic rings. The topological polar surface area (TPSA) is 87.7 Å². The van der Waals surface area contributed by atoms with Gasteiger partial charge in [-0.1, -0.05) is 30.3 Å². The van der Waals surface area contributed by atoms with Gasteiger partial charge in [-0.3, -0.25) is 9.59 Å². The Morgan fingerprint density at radius 1 is 1.03 bits per heavy atom. The molecule has 0 radical (unpaired) electrons. The third-order valence-electron chi connectivity index (χ3n) is 4.90. The Kier molecular flexibility index (Phi) is 6.34. The summed E-state index contributed by atoms with van der Waals surface area (Å²) in [6.07, 6.45) is 1.77. The number of nitrogens with zero attached hydrogens (tertiary/aromatic N) is 2. The highest BCUT2D eigenvalue weighted by atomic mass is 32.2. The zero-order valence-corrected chi connectivity index (χ0v) is 19.7. The van der Waals surface area contributed by atoms with Crippen molar-refractivity contribution in [2.75, 3.05) is 11.1 Å². The molecule has 5 rings (SSSR count). The fourth-order valence-corrected chi connectivity index (χ4v) is 5.69. The minimum Gasteiger partial charge on any atom is -0.325 e. The van der Waals surface area contributed by atoms with E-state index in [2.05, 4.69) is 20.3 Å². The standard InChI is InChI=1S/C24H18N4O2S3/c29-20(26-17-8-6-16(7-9-17)23-25-10-11-32-23)14-31-13-19-27-22(30)21-18(12-33-24(21)28-19)15-4-2-1-3-5-15/h1-12H,13-14H2,(H,26,29)(H,27,28,30). The van der Waals surface area contributed by atoms with Gasteiger partial charge in [0.1, 0.15) is 15.7 Å². The number of benzene rings is 2. The van der Waals surface area contributed by atoms with E-state index >= 15 is 0 Å². The number of hydrogen-bond acceptors (Lipinski definition) is 7. The van der Waals surface area contributed by atoms with E-state index in [1.165, 1.54) is 23.1 Å². The van der Waals surface area contributed by atoms with Crippen molar-refractivity contribution >= 4 is 56.2 Å². The van der Waals surface area contributed by atoms with Crippen molar-refractivity contribution in [3.05, 3.63) is 87.7 Å². The first kappa shape index (κ1) is 21.6. The molecule has 6 nitrogen and oxygen atoms in total. The van der Waals surface area contributed by atoms with Crippen LogP contribution in [-0.4, -0.2) is 26.6 Å². The van der Waals surface area contributed by atoms with Crippen LogP contribution in [0.5, 0.6) is 0 Å². The fraction of sp³-hybridized carbons (Fsp3) is 0.0833. The minimum absolute atomic E-state index is 0.104. The first-order chi connectivity index (χ1) is 16.2. The van der Waals surface area contributed by atoms with E-state index in [1.54, 1.807) is 17.5 Å². The Morgan fingerprint density at radius 2 is 1.85 bits per heavy atom. The van der Waals surface area contributed by atoms with Crippen molar-refractivity contribution in [3.63, 3.8) is 0 Å². The Bertz CT molecular complexity index is 1440. The van der Waals surface area contributed by atoms with Gasteiger partial charge in [-0.2, -0.15) is 0 Å². The van der Waals surface area contributed by atoms with Crippen LogP contribution in [0.2, 0.25) is 0 Å². The summed E-state index contributed by atoms with van der Waals surface area (Å²) in [5.41, 5.74) is 3.49. The molecule has 0 aliphatic heterocycles. The van der Waals surface area contributed by atoms with Crippen LogP contribution in [0.4, 0.5) is 5.69 Å². The zero-order valence-electron chi connectivity index (χ0n) is 17.3. The first-order valence-corrected chi connectivity index (χ1v) is 13.0. The molecular weight excluding hydrogens is 472 g/mol. The normalized spacial score (nSPS) is 11.0. The molecule has 0 bridgehead atoms. The predicted molar refractivity (Wildman–Crippen MR) is 138 cm³/mol. The van der Waals surface area contributed by atoms with E-state index in [0.29, 0.717) is 21.8 Å². The van der Waals surface area contributed by atoms with Crippen molar-refractivity contribution in [2.24, 2.45) is 0 Å². The molecule has 0 saturated carbocycles. The second-order valence-electron chi connectivity index (χ2n) is 7.16. The van der Waals surface area contributed by atoms with Crippen LogP contribution in [0.3, 0.4) is 0 Å². The van der Waals surface area contributed by atoms with Crippen LogP contribution in [0.25, 0.3) is 31.9 Å². The van der Waals surface area contributed by atoms with Gasteiger partial charge in [0.25, 0.3) is 5.56 Å². The maximum absolute atomic E-state index is 12.7. The summed E-state index contributed by atoms with van der Waals surface area (Å²) < 4.78 is 0. The van der Waals surface area contributed by atoms with Gasteiger partial charge in [-0.15, -0.1) is 34.4 Å². The maximum atomic E-state index is 12.7. The van der Waals surface area contributed by atoms with Crippen molar-refractivity contribution < 1.29 is 4.79 Å². The molecule has 2 N–H and O–H groups in total. The number of thiazole rings is 1. The molecule has 5 aromatic rings. The maximum Gasteiger partial charge on any atom is 0.260 e. The second kappa shape index (κ2) is 9.70. The molecule has 0 fully saturated rings. The number of thioether (sulfide) groups is 1. The Morgan fingerprint density at radius 3 is 2.61 bits per heavy atom. The molecule has 1 amide bonds. The van der Waals surface area contributed by atoms with Gasteiger partial charge in [0, 0.05) is 33.8 Å². The number of rotatable bonds is 7. The Labute approximate surface area is 201 Å². The number of thiophene rings is 1. The van der Waals surface area contributed by atoms with E-state index in [9.17, 15) is 9.59 Å². The fourth-order valence-electron chi connectivity index (χ4n) is 3.39. The average Bonchev–Trinajstić information content (AvgIpc) is 3.51. The summed E-state index contributed by atoms with van der Waals surface area (Å²) in [6, 6.07) is 17.4. The van der Waals surface area contributed by atoms with Crippen molar-refractivity contribution in [1.82, 2.24) is 15.0 Å². The lowest BCUT2D eigenvalue weighted by molar-refractivity contribution is -0.113. The van der Waals surface area contributed by atoms with Crippen LogP contribution in [0.15, 0.2) is 76.3 Å². The van der Waals surface area contributed by atoms with E-state index in [1.807, 2.05) is 65.4 Å². The molecule has 0 atom stereocenters. The van der Waals surface area contributed by atoms with Gasteiger partial charge < -0.3 is 10.3 Å². The molecule has 2 aromatic carbocycles. The predicted octanol–water partition coefficient (Wildman–Crippen LogP) is 5.65. The van der Waals surface area contributed by atoms with E-state index in [4.69, 9.17) is 0 Å². The number of carbonyl (C=O) groups is 1. The summed E-state index contributed by atoms with van der Waals surface area (Å²) in [5, 5.41) is 8.35. The van der Waals surface area contributed by atoms with Crippen LogP contribution in [0, 0.1) is 0 Å². The van der Waals surface area contributed by atoms with Crippen LogP contribution in [-0.2, 0) is 10.5 Å². The van der Waals surface area contributed by atoms with E-state index < -0.39 is 0 Å². The van der Waals surface area contributed by atoms with Gasteiger partial charge in [-0.25, -0.2) is 9.97 Å². The number of amides is 1. The van der Waals surface area contributed by atoms with Crippen LogP contribution in [0.1, 0.15) is 5.82 Å². The number of hydrogen-bond donors (Lipinski definition) is 2. The number of fused-ring (bicyclic) bond motifs is 1.